The van der Waals surface area contributed by atoms with Gasteiger partial charge in [0.1, 0.15) is 0 Å². The van der Waals surface area contributed by atoms with Gasteiger partial charge in [0.05, 0.1) is 16.5 Å². The highest BCUT2D eigenvalue weighted by Crippen LogP contribution is 2.27. The Balaban J connectivity index is 2.03. The van der Waals surface area contributed by atoms with Crippen molar-refractivity contribution in [2.45, 2.75) is 12.8 Å². The van der Waals surface area contributed by atoms with E-state index in [0.29, 0.717) is 15.7 Å². The Bertz CT molecular complexity index is 543. The van der Waals surface area contributed by atoms with E-state index < -0.39 is 10.0 Å². The lowest BCUT2D eigenvalue weighted by molar-refractivity contribution is 0.402. The van der Waals surface area contributed by atoms with Gasteiger partial charge in [-0.1, -0.05) is 23.2 Å². The van der Waals surface area contributed by atoms with Crippen molar-refractivity contribution < 1.29 is 8.42 Å². The zero-order valence-corrected chi connectivity index (χ0v) is 12.7. The molecule has 1 saturated heterocycles. The molecule has 0 aliphatic carbocycles. The number of sulfonamides is 1. The third-order valence-corrected chi connectivity index (χ3v) is 5.10. The van der Waals surface area contributed by atoms with Gasteiger partial charge < -0.3 is 5.32 Å². The van der Waals surface area contributed by atoms with Crippen molar-refractivity contribution in [2.24, 2.45) is 5.92 Å². The summed E-state index contributed by atoms with van der Waals surface area (Å²) in [5, 5.41) is 4.00. The predicted octanol–water partition coefficient (Wildman–Crippen LogP) is 2.73. The molecule has 4 nitrogen and oxygen atoms in total. The van der Waals surface area contributed by atoms with Gasteiger partial charge in [-0.3, -0.25) is 4.72 Å². The van der Waals surface area contributed by atoms with Crippen LogP contribution in [0.1, 0.15) is 12.8 Å². The average molecular weight is 323 g/mol. The molecule has 0 spiro atoms. The summed E-state index contributed by atoms with van der Waals surface area (Å²) >= 11 is 11.7. The first-order valence-corrected chi connectivity index (χ1v) is 8.53. The van der Waals surface area contributed by atoms with Crippen molar-refractivity contribution in [3.05, 3.63) is 28.2 Å². The van der Waals surface area contributed by atoms with Gasteiger partial charge >= 0.3 is 0 Å². The Labute approximate surface area is 123 Å². The lowest BCUT2D eigenvalue weighted by Crippen LogP contribution is -2.33. The molecule has 1 fully saturated rings. The number of piperidine rings is 1. The first-order valence-electron chi connectivity index (χ1n) is 6.12. The Kier molecular flexibility index (Phi) is 4.95. The summed E-state index contributed by atoms with van der Waals surface area (Å²) in [7, 11) is -3.37. The standard InChI is InChI=1S/C12H16Cl2N2O2S/c13-10-1-2-12(11(14)7-10)16-19(17,18)8-9-3-5-15-6-4-9/h1-2,7,9,15-16H,3-6,8H2. The summed E-state index contributed by atoms with van der Waals surface area (Å²) in [5.74, 6) is 0.331. The molecule has 1 aliphatic heterocycles. The average Bonchev–Trinajstić information content (AvgIpc) is 2.33. The molecule has 0 bridgehead atoms. The number of hydrogen-bond acceptors (Lipinski definition) is 3. The molecule has 0 amide bonds. The molecule has 19 heavy (non-hydrogen) atoms. The molecule has 1 aromatic carbocycles. The minimum Gasteiger partial charge on any atom is -0.317 e. The van der Waals surface area contributed by atoms with Crippen LogP contribution in [0.5, 0.6) is 0 Å². The molecule has 2 rings (SSSR count). The van der Waals surface area contributed by atoms with Crippen LogP contribution < -0.4 is 10.0 Å². The van der Waals surface area contributed by atoms with Gasteiger partial charge in [0.15, 0.2) is 0 Å². The summed E-state index contributed by atoms with van der Waals surface area (Å²) in [4.78, 5) is 0. The molecule has 106 valence electrons. The van der Waals surface area contributed by atoms with Crippen molar-refractivity contribution >= 4 is 38.9 Å². The molecule has 0 aromatic heterocycles. The minimum absolute atomic E-state index is 0.133. The summed E-state index contributed by atoms with van der Waals surface area (Å²) < 4.78 is 26.7. The lowest BCUT2D eigenvalue weighted by Gasteiger charge is -2.22. The van der Waals surface area contributed by atoms with E-state index in [4.69, 9.17) is 23.2 Å². The van der Waals surface area contributed by atoms with E-state index in [2.05, 4.69) is 10.0 Å². The quantitative estimate of drug-likeness (QED) is 0.896. The zero-order chi connectivity index (χ0) is 13.9. The fraction of sp³-hybridized carbons (Fsp3) is 0.500. The molecule has 1 aromatic rings. The topological polar surface area (TPSA) is 58.2 Å². The lowest BCUT2D eigenvalue weighted by atomic mass is 10.0. The second kappa shape index (κ2) is 6.31. The van der Waals surface area contributed by atoms with E-state index in [-0.39, 0.29) is 11.7 Å². The predicted molar refractivity (Wildman–Crippen MR) is 79.5 cm³/mol. The largest absolute Gasteiger partial charge is 0.317 e. The van der Waals surface area contributed by atoms with Gasteiger partial charge in [-0.25, -0.2) is 8.42 Å². The van der Waals surface area contributed by atoms with Crippen LogP contribution in [0.15, 0.2) is 18.2 Å². The van der Waals surface area contributed by atoms with Crippen LogP contribution in [-0.4, -0.2) is 27.3 Å². The van der Waals surface area contributed by atoms with E-state index in [1.54, 1.807) is 12.1 Å². The molecule has 0 unspecified atom stereocenters. The molecular weight excluding hydrogens is 307 g/mol. The van der Waals surface area contributed by atoms with Crippen LogP contribution >= 0.6 is 23.2 Å². The van der Waals surface area contributed by atoms with Crippen LogP contribution in [0.2, 0.25) is 10.0 Å². The summed E-state index contributed by atoms with van der Waals surface area (Å²) in [6.07, 6.45) is 1.77. The normalized spacial score (nSPS) is 17.4. The minimum atomic E-state index is -3.37. The van der Waals surface area contributed by atoms with Crippen LogP contribution in [0.4, 0.5) is 5.69 Å². The van der Waals surface area contributed by atoms with Crippen LogP contribution in [-0.2, 0) is 10.0 Å². The zero-order valence-electron chi connectivity index (χ0n) is 10.3. The Hall–Kier alpha value is -0.490. The fourth-order valence-corrected chi connectivity index (χ4v) is 4.20. The van der Waals surface area contributed by atoms with E-state index in [0.717, 1.165) is 25.9 Å². The molecule has 0 saturated carbocycles. The van der Waals surface area contributed by atoms with E-state index in [1.165, 1.54) is 6.07 Å². The van der Waals surface area contributed by atoms with Gasteiger partial charge in [-0.15, -0.1) is 0 Å². The third-order valence-electron chi connectivity index (χ3n) is 3.11. The third kappa shape index (κ3) is 4.53. The highest BCUT2D eigenvalue weighted by Gasteiger charge is 2.21. The van der Waals surface area contributed by atoms with Crippen molar-refractivity contribution in [1.82, 2.24) is 5.32 Å². The van der Waals surface area contributed by atoms with Crippen LogP contribution in [0.3, 0.4) is 0 Å². The maximum absolute atomic E-state index is 12.1. The number of rotatable bonds is 4. The first kappa shape index (κ1) is 14.9. The van der Waals surface area contributed by atoms with Gasteiger partial charge in [0.2, 0.25) is 10.0 Å². The molecule has 1 aliphatic rings. The summed E-state index contributed by atoms with van der Waals surface area (Å²) in [6, 6.07) is 4.70. The molecule has 1 heterocycles. The van der Waals surface area contributed by atoms with E-state index in [9.17, 15) is 8.42 Å². The molecule has 0 atom stereocenters. The van der Waals surface area contributed by atoms with Crippen LogP contribution in [0.25, 0.3) is 0 Å². The fourth-order valence-electron chi connectivity index (χ4n) is 2.14. The van der Waals surface area contributed by atoms with Crippen molar-refractivity contribution in [3.8, 4) is 0 Å². The number of nitrogens with one attached hydrogen (secondary N) is 2. The monoisotopic (exact) mass is 322 g/mol. The summed E-state index contributed by atoms with van der Waals surface area (Å²) in [5.41, 5.74) is 0.375. The SMILES string of the molecule is O=S(=O)(CC1CCNCC1)Nc1ccc(Cl)cc1Cl. The maximum Gasteiger partial charge on any atom is 0.233 e. The molecule has 0 radical (unpaired) electrons. The molecular formula is C12H16Cl2N2O2S. The van der Waals surface area contributed by atoms with Crippen LogP contribution in [0, 0.1) is 5.92 Å². The van der Waals surface area contributed by atoms with Crippen molar-refractivity contribution in [1.29, 1.82) is 0 Å². The second-order valence-corrected chi connectivity index (χ2v) is 7.31. The van der Waals surface area contributed by atoms with E-state index >= 15 is 0 Å². The number of hydrogen-bond donors (Lipinski definition) is 2. The highest BCUT2D eigenvalue weighted by molar-refractivity contribution is 7.92. The first-order chi connectivity index (χ1) is 8.96. The van der Waals surface area contributed by atoms with Crippen molar-refractivity contribution in [2.75, 3.05) is 23.6 Å². The highest BCUT2D eigenvalue weighted by atomic mass is 35.5. The van der Waals surface area contributed by atoms with Crippen molar-refractivity contribution in [3.63, 3.8) is 0 Å². The van der Waals surface area contributed by atoms with Gasteiger partial charge in [0, 0.05) is 5.02 Å². The number of anilines is 1. The van der Waals surface area contributed by atoms with Gasteiger partial charge in [0.25, 0.3) is 0 Å². The molecule has 7 heteroatoms. The van der Waals surface area contributed by atoms with Gasteiger partial charge in [-0.2, -0.15) is 0 Å². The number of halogens is 2. The Morgan fingerprint density at radius 3 is 2.58 bits per heavy atom. The van der Waals surface area contributed by atoms with E-state index in [1.807, 2.05) is 0 Å². The van der Waals surface area contributed by atoms with Gasteiger partial charge in [-0.05, 0) is 50.0 Å². The second-order valence-electron chi connectivity index (χ2n) is 4.70. The number of benzene rings is 1. The smallest absolute Gasteiger partial charge is 0.233 e. The Morgan fingerprint density at radius 2 is 1.95 bits per heavy atom. The summed E-state index contributed by atoms with van der Waals surface area (Å²) in [6.45, 7) is 1.75. The molecule has 2 N–H and O–H groups in total. The Morgan fingerprint density at radius 1 is 1.26 bits per heavy atom. The maximum atomic E-state index is 12.1.